The van der Waals surface area contributed by atoms with E-state index in [4.69, 9.17) is 0 Å². The molecule has 5 aromatic rings. The second-order valence-corrected chi connectivity index (χ2v) is 7.40. The van der Waals surface area contributed by atoms with Crippen LogP contribution in [-0.2, 0) is 6.54 Å². The van der Waals surface area contributed by atoms with Crippen molar-refractivity contribution in [2.45, 2.75) is 6.54 Å². The number of imidazole rings is 1. The molecule has 0 radical (unpaired) electrons. The van der Waals surface area contributed by atoms with Crippen molar-refractivity contribution in [1.82, 2.24) is 14.5 Å². The average Bonchev–Trinajstić information content (AvgIpc) is 3.21. The summed E-state index contributed by atoms with van der Waals surface area (Å²) >= 11 is 0. The van der Waals surface area contributed by atoms with Gasteiger partial charge in [0.05, 0.1) is 12.9 Å². The van der Waals surface area contributed by atoms with Crippen molar-refractivity contribution in [2.24, 2.45) is 0 Å². The molecule has 0 aliphatic heterocycles. The molecule has 0 bridgehead atoms. The smallest absolute Gasteiger partial charge is 0.276 e. The third-order valence-electron chi connectivity index (χ3n) is 5.27. The minimum Gasteiger partial charge on any atom is -0.312 e. The monoisotopic (exact) mass is 422 g/mol. The predicted molar refractivity (Wildman–Crippen MR) is 123 cm³/mol. The minimum atomic E-state index is -0.333. The lowest BCUT2D eigenvalue weighted by Crippen LogP contribution is -2.17. The van der Waals surface area contributed by atoms with Gasteiger partial charge in [0.1, 0.15) is 23.0 Å². The number of fused-ring (bicyclic) bond motifs is 1. The maximum absolute atomic E-state index is 13.5. The van der Waals surface area contributed by atoms with Crippen LogP contribution in [0, 0.1) is 5.82 Å². The molecule has 5 nitrogen and oxygen atoms in total. The lowest BCUT2D eigenvalue weighted by Gasteiger charge is -2.13. The normalized spacial score (nSPS) is 10.9. The fourth-order valence-corrected chi connectivity index (χ4v) is 3.70. The number of pyridine rings is 1. The van der Waals surface area contributed by atoms with E-state index in [1.807, 2.05) is 65.2 Å². The number of anilines is 1. The van der Waals surface area contributed by atoms with E-state index < -0.39 is 0 Å². The molecule has 0 aliphatic carbocycles. The number of carbonyl (C=O) groups is 1. The van der Waals surface area contributed by atoms with Crippen LogP contribution in [0.5, 0.6) is 0 Å². The summed E-state index contributed by atoms with van der Waals surface area (Å²) in [6.07, 6.45) is 3.30. The van der Waals surface area contributed by atoms with Crippen molar-refractivity contribution in [3.63, 3.8) is 0 Å². The van der Waals surface area contributed by atoms with Crippen LogP contribution in [0.25, 0.3) is 22.0 Å². The van der Waals surface area contributed by atoms with E-state index in [9.17, 15) is 9.18 Å². The summed E-state index contributed by atoms with van der Waals surface area (Å²) in [5, 5.41) is 4.71. The second kappa shape index (κ2) is 8.43. The maximum atomic E-state index is 13.5. The fraction of sp³-hybridized carbons (Fsp3) is 0.0385. The zero-order valence-corrected chi connectivity index (χ0v) is 17.1. The number of benzene rings is 3. The maximum Gasteiger partial charge on any atom is 0.276 e. The van der Waals surface area contributed by atoms with E-state index >= 15 is 0 Å². The Bertz CT molecular complexity index is 1390. The highest BCUT2D eigenvalue weighted by molar-refractivity contribution is 6.11. The van der Waals surface area contributed by atoms with Crippen LogP contribution in [-0.4, -0.2) is 20.4 Å². The Labute approximate surface area is 184 Å². The van der Waals surface area contributed by atoms with Gasteiger partial charge in [0.15, 0.2) is 0 Å². The molecule has 2 heterocycles. The number of aromatic nitrogens is 3. The molecule has 6 heteroatoms. The molecule has 1 N–H and O–H groups in total. The van der Waals surface area contributed by atoms with Crippen LogP contribution in [0.1, 0.15) is 16.1 Å². The Morgan fingerprint density at radius 3 is 2.44 bits per heavy atom. The highest BCUT2D eigenvalue weighted by Gasteiger charge is 2.19. The summed E-state index contributed by atoms with van der Waals surface area (Å²) in [5.41, 5.74) is 2.67. The van der Waals surface area contributed by atoms with E-state index in [1.165, 1.54) is 12.1 Å². The van der Waals surface area contributed by atoms with Crippen LogP contribution in [0.4, 0.5) is 10.2 Å². The van der Waals surface area contributed by atoms with E-state index in [2.05, 4.69) is 15.3 Å². The second-order valence-electron chi connectivity index (χ2n) is 7.40. The molecule has 0 fully saturated rings. The largest absolute Gasteiger partial charge is 0.312 e. The molecule has 32 heavy (non-hydrogen) atoms. The van der Waals surface area contributed by atoms with Gasteiger partial charge in [-0.15, -0.1) is 0 Å². The first-order valence-corrected chi connectivity index (χ1v) is 10.2. The van der Waals surface area contributed by atoms with Crippen LogP contribution in [0.2, 0.25) is 0 Å². The number of hydrogen-bond acceptors (Lipinski definition) is 3. The fourth-order valence-electron chi connectivity index (χ4n) is 3.70. The quantitative estimate of drug-likeness (QED) is 0.405. The first-order chi connectivity index (χ1) is 15.7. The molecular weight excluding hydrogens is 403 g/mol. The molecule has 0 aliphatic rings. The third-order valence-corrected chi connectivity index (χ3v) is 5.27. The zero-order chi connectivity index (χ0) is 21.9. The van der Waals surface area contributed by atoms with Crippen molar-refractivity contribution in [3.05, 3.63) is 115 Å². The van der Waals surface area contributed by atoms with E-state index in [-0.39, 0.29) is 11.7 Å². The third kappa shape index (κ3) is 3.86. The average molecular weight is 422 g/mol. The number of hydrogen-bond donors (Lipinski definition) is 1. The predicted octanol–water partition coefficient (Wildman–Crippen LogP) is 5.54. The molecular formula is C26H19FN4O. The molecule has 0 saturated carbocycles. The van der Waals surface area contributed by atoms with E-state index in [0.717, 1.165) is 16.3 Å². The van der Waals surface area contributed by atoms with Gasteiger partial charge in [0, 0.05) is 17.1 Å². The molecule has 3 aromatic carbocycles. The Morgan fingerprint density at radius 2 is 1.62 bits per heavy atom. The van der Waals surface area contributed by atoms with Crippen molar-refractivity contribution >= 4 is 22.5 Å². The summed E-state index contributed by atoms with van der Waals surface area (Å²) in [5.74, 6) is -0.136. The Morgan fingerprint density at radius 1 is 0.875 bits per heavy atom. The molecule has 5 rings (SSSR count). The molecule has 1 amide bonds. The molecule has 156 valence electrons. The van der Waals surface area contributed by atoms with Gasteiger partial charge in [-0.2, -0.15) is 0 Å². The van der Waals surface area contributed by atoms with Gasteiger partial charge >= 0.3 is 0 Å². The van der Waals surface area contributed by atoms with E-state index in [0.29, 0.717) is 29.3 Å². The molecule has 0 spiro atoms. The summed E-state index contributed by atoms with van der Waals surface area (Å²) in [4.78, 5) is 22.1. The molecule has 0 unspecified atom stereocenters. The first kappa shape index (κ1) is 19.6. The lowest BCUT2D eigenvalue weighted by molar-refractivity contribution is 0.102. The summed E-state index contributed by atoms with van der Waals surface area (Å²) in [6, 6.07) is 25.4. The Balaban J connectivity index is 1.56. The topological polar surface area (TPSA) is 59.8 Å². The highest BCUT2D eigenvalue weighted by atomic mass is 19.1. The van der Waals surface area contributed by atoms with Gasteiger partial charge in [-0.3, -0.25) is 9.78 Å². The minimum absolute atomic E-state index is 0.331. The van der Waals surface area contributed by atoms with Crippen LogP contribution >= 0.6 is 0 Å². The Hall–Kier alpha value is -4.32. The van der Waals surface area contributed by atoms with Crippen molar-refractivity contribution in [1.29, 1.82) is 0 Å². The summed E-state index contributed by atoms with van der Waals surface area (Å²) < 4.78 is 15.3. The zero-order valence-electron chi connectivity index (χ0n) is 17.1. The van der Waals surface area contributed by atoms with Gasteiger partial charge in [-0.25, -0.2) is 9.37 Å². The summed E-state index contributed by atoms with van der Waals surface area (Å²) in [6.45, 7) is 0.521. The van der Waals surface area contributed by atoms with E-state index in [1.54, 1.807) is 24.7 Å². The first-order valence-electron chi connectivity index (χ1n) is 10.2. The standard InChI is InChI=1S/C26H19FN4O/c27-21-12-10-20(11-13-21)23-25(31(17-29-23)16-18-6-2-1-3-7-18)30-26(32)24-22-9-5-4-8-19(22)14-15-28-24/h1-15,17H,16H2,(H,30,32). The molecule has 0 atom stereocenters. The van der Waals surface area contributed by atoms with Crippen molar-refractivity contribution in [3.8, 4) is 11.3 Å². The van der Waals surface area contributed by atoms with Crippen LogP contribution in [0.15, 0.2) is 97.5 Å². The van der Waals surface area contributed by atoms with Gasteiger partial charge in [0.25, 0.3) is 5.91 Å². The lowest BCUT2D eigenvalue weighted by atomic mass is 10.1. The number of rotatable bonds is 5. The van der Waals surface area contributed by atoms with Gasteiger partial charge < -0.3 is 9.88 Å². The van der Waals surface area contributed by atoms with Gasteiger partial charge in [-0.05, 0) is 41.3 Å². The number of amides is 1. The van der Waals surface area contributed by atoms with Crippen molar-refractivity contribution in [2.75, 3.05) is 5.32 Å². The SMILES string of the molecule is O=C(Nc1c(-c2ccc(F)cc2)ncn1Cc1ccccc1)c1nccc2ccccc12. The number of carbonyl (C=O) groups excluding carboxylic acids is 1. The highest BCUT2D eigenvalue weighted by Crippen LogP contribution is 2.29. The Kier molecular flexibility index (Phi) is 5.17. The van der Waals surface area contributed by atoms with Crippen molar-refractivity contribution < 1.29 is 9.18 Å². The van der Waals surface area contributed by atoms with Gasteiger partial charge in [-0.1, -0.05) is 54.6 Å². The summed E-state index contributed by atoms with van der Waals surface area (Å²) in [7, 11) is 0. The number of nitrogens with one attached hydrogen (secondary N) is 1. The van der Waals surface area contributed by atoms with Gasteiger partial charge in [0.2, 0.25) is 0 Å². The molecule has 2 aromatic heterocycles. The number of nitrogens with zero attached hydrogens (tertiary/aromatic N) is 3. The number of halogens is 1. The van der Waals surface area contributed by atoms with Crippen LogP contribution < -0.4 is 5.32 Å². The van der Waals surface area contributed by atoms with Crippen LogP contribution in [0.3, 0.4) is 0 Å². The molecule has 0 saturated heterocycles.